The minimum atomic E-state index is -0.385. The summed E-state index contributed by atoms with van der Waals surface area (Å²) >= 11 is 1.57. The van der Waals surface area contributed by atoms with Crippen molar-refractivity contribution in [3.05, 3.63) is 51.9 Å². The highest BCUT2D eigenvalue weighted by molar-refractivity contribution is 7.11. The number of carbonyl (C=O) groups is 1. The molecule has 2 heterocycles. The number of rotatable bonds is 5. The molecule has 0 atom stereocenters. The van der Waals surface area contributed by atoms with Gasteiger partial charge in [-0.3, -0.25) is 4.79 Å². The Hall–Kier alpha value is -2.60. The molecule has 0 radical (unpaired) electrons. The van der Waals surface area contributed by atoms with Gasteiger partial charge in [-0.25, -0.2) is 5.43 Å². The van der Waals surface area contributed by atoms with Crippen molar-refractivity contribution >= 4 is 34.4 Å². The van der Waals surface area contributed by atoms with Crippen LogP contribution in [0.2, 0.25) is 0 Å². The van der Waals surface area contributed by atoms with Gasteiger partial charge >= 0.3 is 5.91 Å². The van der Waals surface area contributed by atoms with E-state index in [-0.39, 0.29) is 11.7 Å². The molecule has 3 aromatic rings. The van der Waals surface area contributed by atoms with E-state index < -0.39 is 0 Å². The molecule has 0 aliphatic heterocycles. The molecule has 0 spiro atoms. The third-order valence-electron chi connectivity index (χ3n) is 3.27. The monoisotopic (exact) mass is 328 g/mol. The summed E-state index contributed by atoms with van der Waals surface area (Å²) in [4.78, 5) is 13.1. The van der Waals surface area contributed by atoms with E-state index in [0.29, 0.717) is 12.2 Å². The molecule has 5 nitrogen and oxygen atoms in total. The first kappa shape index (κ1) is 15.3. The molecule has 0 fully saturated rings. The van der Waals surface area contributed by atoms with Gasteiger partial charge in [0.15, 0.2) is 5.76 Å². The molecule has 0 saturated heterocycles. The highest BCUT2D eigenvalue weighted by Crippen LogP contribution is 2.24. The van der Waals surface area contributed by atoms with Crippen LogP contribution in [0.1, 0.15) is 27.9 Å². The number of benzene rings is 1. The number of nitrogens with zero attached hydrogens (tertiary/aromatic N) is 1. The fraction of sp³-hybridized carbons (Fsp3) is 0.176. The molecular weight excluding hydrogens is 312 g/mol. The van der Waals surface area contributed by atoms with Gasteiger partial charge in [0.05, 0.1) is 12.8 Å². The van der Waals surface area contributed by atoms with E-state index in [2.05, 4.69) is 10.5 Å². The Labute approximate surface area is 137 Å². The van der Waals surface area contributed by atoms with Gasteiger partial charge in [0.25, 0.3) is 0 Å². The van der Waals surface area contributed by atoms with Crippen molar-refractivity contribution in [1.29, 1.82) is 0 Å². The standard InChI is InChI=1S/C17H16N2O3S/c1-3-21-13-4-5-14-12(8-13)9-15(22-14)17(20)19-18-10-16-11(2)6-7-23-16/h4-10H,3H2,1-2H3,(H,19,20)/b18-10+. The van der Waals surface area contributed by atoms with Gasteiger partial charge in [0.1, 0.15) is 11.3 Å². The van der Waals surface area contributed by atoms with Gasteiger partial charge in [0.2, 0.25) is 0 Å². The fourth-order valence-electron chi connectivity index (χ4n) is 2.11. The Morgan fingerprint density at radius 2 is 2.26 bits per heavy atom. The number of hydrazone groups is 1. The summed E-state index contributed by atoms with van der Waals surface area (Å²) in [6, 6.07) is 9.13. The van der Waals surface area contributed by atoms with E-state index in [9.17, 15) is 4.79 Å². The number of hydrogen-bond acceptors (Lipinski definition) is 5. The summed E-state index contributed by atoms with van der Waals surface area (Å²) in [5.41, 5.74) is 4.24. The highest BCUT2D eigenvalue weighted by atomic mass is 32.1. The van der Waals surface area contributed by atoms with Crippen LogP contribution in [-0.4, -0.2) is 18.7 Å². The Morgan fingerprint density at radius 3 is 3.00 bits per heavy atom. The van der Waals surface area contributed by atoms with Crippen molar-refractivity contribution in [3.8, 4) is 5.75 Å². The van der Waals surface area contributed by atoms with Gasteiger partial charge in [-0.15, -0.1) is 11.3 Å². The second-order valence-corrected chi connectivity index (χ2v) is 5.86. The van der Waals surface area contributed by atoms with Crippen LogP contribution in [0.5, 0.6) is 5.75 Å². The SMILES string of the molecule is CCOc1ccc2oc(C(=O)N/N=C/c3sccc3C)cc2c1. The van der Waals surface area contributed by atoms with Crippen molar-refractivity contribution in [2.45, 2.75) is 13.8 Å². The van der Waals surface area contributed by atoms with Crippen LogP contribution in [0.4, 0.5) is 0 Å². The summed E-state index contributed by atoms with van der Waals surface area (Å²) in [6.45, 7) is 4.51. The average molecular weight is 328 g/mol. The predicted molar refractivity (Wildman–Crippen MR) is 91.5 cm³/mol. The molecule has 1 N–H and O–H groups in total. The van der Waals surface area contributed by atoms with E-state index in [4.69, 9.17) is 9.15 Å². The van der Waals surface area contributed by atoms with E-state index >= 15 is 0 Å². The first-order valence-electron chi connectivity index (χ1n) is 7.21. The van der Waals surface area contributed by atoms with Crippen LogP contribution in [0, 0.1) is 6.92 Å². The summed E-state index contributed by atoms with van der Waals surface area (Å²) in [5.74, 6) is 0.581. The highest BCUT2D eigenvalue weighted by Gasteiger charge is 2.12. The third-order valence-corrected chi connectivity index (χ3v) is 4.23. The number of thiophene rings is 1. The molecule has 118 valence electrons. The van der Waals surface area contributed by atoms with Crippen molar-refractivity contribution in [3.63, 3.8) is 0 Å². The molecule has 1 aromatic carbocycles. The number of aryl methyl sites for hydroxylation is 1. The van der Waals surface area contributed by atoms with Crippen LogP contribution in [-0.2, 0) is 0 Å². The Bertz CT molecular complexity index is 864. The van der Waals surface area contributed by atoms with Crippen molar-refractivity contribution in [1.82, 2.24) is 5.43 Å². The van der Waals surface area contributed by atoms with E-state index in [1.54, 1.807) is 29.7 Å². The predicted octanol–water partition coefficient (Wildman–Crippen LogP) is 3.97. The molecule has 0 bridgehead atoms. The van der Waals surface area contributed by atoms with Crippen LogP contribution in [0.25, 0.3) is 11.0 Å². The first-order valence-corrected chi connectivity index (χ1v) is 8.09. The Balaban J connectivity index is 1.73. The van der Waals surface area contributed by atoms with Gasteiger partial charge in [-0.2, -0.15) is 5.10 Å². The molecular formula is C17H16N2O3S. The number of furan rings is 1. The zero-order chi connectivity index (χ0) is 16.2. The number of nitrogens with one attached hydrogen (secondary N) is 1. The lowest BCUT2D eigenvalue weighted by atomic mass is 10.2. The molecule has 23 heavy (non-hydrogen) atoms. The van der Waals surface area contributed by atoms with Crippen LogP contribution < -0.4 is 10.2 Å². The summed E-state index contributed by atoms with van der Waals surface area (Å²) < 4.78 is 11.0. The second kappa shape index (κ2) is 6.66. The maximum Gasteiger partial charge on any atom is 0.307 e. The summed E-state index contributed by atoms with van der Waals surface area (Å²) in [6.07, 6.45) is 1.63. The molecule has 6 heteroatoms. The summed E-state index contributed by atoms with van der Waals surface area (Å²) in [5, 5.41) is 6.77. The second-order valence-electron chi connectivity index (χ2n) is 4.91. The number of hydrogen-bond donors (Lipinski definition) is 1. The van der Waals surface area contributed by atoms with Crippen molar-refractivity contribution < 1.29 is 13.9 Å². The molecule has 0 saturated carbocycles. The van der Waals surface area contributed by atoms with Gasteiger partial charge in [-0.05, 0) is 55.1 Å². The lowest BCUT2D eigenvalue weighted by Gasteiger charge is -2.00. The average Bonchev–Trinajstić information content (AvgIpc) is 3.13. The van der Waals surface area contributed by atoms with Crippen LogP contribution in [0.15, 0.2) is 45.2 Å². The third kappa shape index (κ3) is 3.43. The van der Waals surface area contributed by atoms with Gasteiger partial charge < -0.3 is 9.15 Å². The number of carbonyl (C=O) groups excluding carboxylic acids is 1. The molecule has 0 aliphatic rings. The largest absolute Gasteiger partial charge is 0.494 e. The normalized spacial score (nSPS) is 11.2. The van der Waals surface area contributed by atoms with Crippen LogP contribution in [0.3, 0.4) is 0 Å². The topological polar surface area (TPSA) is 63.8 Å². The molecule has 2 aromatic heterocycles. The van der Waals surface area contributed by atoms with Crippen molar-refractivity contribution in [2.75, 3.05) is 6.61 Å². The maximum atomic E-state index is 12.1. The zero-order valence-electron chi connectivity index (χ0n) is 12.8. The van der Waals surface area contributed by atoms with Gasteiger partial charge in [-0.1, -0.05) is 0 Å². The molecule has 3 rings (SSSR count). The summed E-state index contributed by atoms with van der Waals surface area (Å²) in [7, 11) is 0. The van der Waals surface area contributed by atoms with E-state index in [0.717, 1.165) is 21.6 Å². The number of fused-ring (bicyclic) bond motifs is 1. The molecule has 0 unspecified atom stereocenters. The fourth-order valence-corrected chi connectivity index (χ4v) is 2.90. The number of amides is 1. The minimum Gasteiger partial charge on any atom is -0.494 e. The van der Waals surface area contributed by atoms with Crippen LogP contribution >= 0.6 is 11.3 Å². The number of ether oxygens (including phenoxy) is 1. The molecule has 0 aliphatic carbocycles. The first-order chi connectivity index (χ1) is 11.2. The quantitative estimate of drug-likeness (QED) is 0.569. The lowest BCUT2D eigenvalue weighted by molar-refractivity contribution is 0.0929. The van der Waals surface area contributed by atoms with Gasteiger partial charge in [0, 0.05) is 10.3 Å². The van der Waals surface area contributed by atoms with E-state index in [1.165, 1.54) is 0 Å². The Kier molecular flexibility index (Phi) is 4.43. The lowest BCUT2D eigenvalue weighted by Crippen LogP contribution is -2.16. The Morgan fingerprint density at radius 1 is 1.39 bits per heavy atom. The zero-order valence-corrected chi connectivity index (χ0v) is 13.6. The smallest absolute Gasteiger partial charge is 0.307 e. The minimum absolute atomic E-state index is 0.216. The maximum absolute atomic E-state index is 12.1. The van der Waals surface area contributed by atoms with Crippen molar-refractivity contribution in [2.24, 2.45) is 5.10 Å². The molecule has 1 amide bonds. The van der Waals surface area contributed by atoms with E-state index in [1.807, 2.05) is 37.4 Å².